The molecule has 1 rings (SSSR count). The van der Waals surface area contributed by atoms with Crippen LogP contribution in [0.25, 0.3) is 0 Å². The number of esters is 1. The molecule has 2 atom stereocenters. The Kier molecular flexibility index (Phi) is 3.49. The van der Waals surface area contributed by atoms with Crippen molar-refractivity contribution in [2.75, 3.05) is 20.8 Å². The monoisotopic (exact) mass is 173 g/mol. The Morgan fingerprint density at radius 1 is 1.67 bits per heavy atom. The Bertz CT molecular complexity index is 160. The first-order valence-corrected chi connectivity index (χ1v) is 4.14. The second-order valence-electron chi connectivity index (χ2n) is 2.89. The predicted octanol–water partition coefficient (Wildman–Crippen LogP) is -0.0736. The van der Waals surface area contributed by atoms with Gasteiger partial charge < -0.3 is 14.8 Å². The lowest BCUT2D eigenvalue weighted by molar-refractivity contribution is -0.157. The standard InChI is InChI=1S/C8H15NO3/c1-9-6-3-4-12-7(5-6)8(10)11-2/h6-7,9H,3-5H2,1-2H3. The molecule has 0 aromatic heterocycles. The first-order valence-electron chi connectivity index (χ1n) is 4.14. The Morgan fingerprint density at radius 2 is 2.42 bits per heavy atom. The highest BCUT2D eigenvalue weighted by Gasteiger charge is 2.27. The van der Waals surface area contributed by atoms with Crippen molar-refractivity contribution in [2.45, 2.75) is 25.0 Å². The Labute approximate surface area is 72.2 Å². The van der Waals surface area contributed by atoms with Crippen LogP contribution in [-0.4, -0.2) is 38.9 Å². The van der Waals surface area contributed by atoms with Crippen LogP contribution in [0.15, 0.2) is 0 Å². The van der Waals surface area contributed by atoms with Gasteiger partial charge in [0.25, 0.3) is 0 Å². The van der Waals surface area contributed by atoms with E-state index in [-0.39, 0.29) is 12.1 Å². The van der Waals surface area contributed by atoms with Gasteiger partial charge in [-0.2, -0.15) is 0 Å². The lowest BCUT2D eigenvalue weighted by Gasteiger charge is -2.27. The Morgan fingerprint density at radius 3 is 3.00 bits per heavy atom. The molecule has 4 nitrogen and oxygen atoms in total. The molecular weight excluding hydrogens is 158 g/mol. The minimum atomic E-state index is -0.374. The quantitative estimate of drug-likeness (QED) is 0.594. The largest absolute Gasteiger partial charge is 0.467 e. The lowest BCUT2D eigenvalue weighted by atomic mass is 10.0. The normalized spacial score (nSPS) is 29.8. The molecule has 1 aliphatic heterocycles. The van der Waals surface area contributed by atoms with Gasteiger partial charge in [-0.05, 0) is 19.9 Å². The second-order valence-corrected chi connectivity index (χ2v) is 2.89. The van der Waals surface area contributed by atoms with E-state index >= 15 is 0 Å². The van der Waals surface area contributed by atoms with Crippen LogP contribution in [0, 0.1) is 0 Å². The van der Waals surface area contributed by atoms with E-state index in [2.05, 4.69) is 10.1 Å². The molecule has 2 unspecified atom stereocenters. The van der Waals surface area contributed by atoms with Crippen molar-refractivity contribution in [1.82, 2.24) is 5.32 Å². The summed E-state index contributed by atoms with van der Waals surface area (Å²) in [4.78, 5) is 11.1. The zero-order valence-corrected chi connectivity index (χ0v) is 7.50. The number of carbonyl (C=O) groups excluding carboxylic acids is 1. The number of hydrogen-bond acceptors (Lipinski definition) is 4. The van der Waals surface area contributed by atoms with Gasteiger partial charge in [0.2, 0.25) is 0 Å². The summed E-state index contributed by atoms with van der Waals surface area (Å²) < 4.78 is 9.84. The minimum Gasteiger partial charge on any atom is -0.467 e. The van der Waals surface area contributed by atoms with Gasteiger partial charge in [-0.1, -0.05) is 0 Å². The predicted molar refractivity (Wildman–Crippen MR) is 43.8 cm³/mol. The van der Waals surface area contributed by atoms with Crippen LogP contribution < -0.4 is 5.32 Å². The minimum absolute atomic E-state index is 0.269. The van der Waals surface area contributed by atoms with E-state index in [9.17, 15) is 4.79 Å². The van der Waals surface area contributed by atoms with E-state index < -0.39 is 0 Å². The highest BCUT2D eigenvalue weighted by Crippen LogP contribution is 2.14. The molecule has 0 radical (unpaired) electrons. The lowest BCUT2D eigenvalue weighted by Crippen LogP contribution is -2.41. The van der Waals surface area contributed by atoms with E-state index in [0.717, 1.165) is 6.42 Å². The highest BCUT2D eigenvalue weighted by atomic mass is 16.6. The summed E-state index contributed by atoms with van der Waals surface area (Å²) in [6.07, 6.45) is 1.30. The summed E-state index contributed by atoms with van der Waals surface area (Å²) >= 11 is 0. The SMILES string of the molecule is CNC1CCOC(C(=O)OC)C1. The number of ether oxygens (including phenoxy) is 2. The molecule has 1 heterocycles. The fraction of sp³-hybridized carbons (Fsp3) is 0.875. The number of carbonyl (C=O) groups is 1. The van der Waals surface area contributed by atoms with Crippen molar-refractivity contribution in [3.63, 3.8) is 0 Å². The van der Waals surface area contributed by atoms with Gasteiger partial charge in [0.15, 0.2) is 6.10 Å². The molecule has 70 valence electrons. The summed E-state index contributed by atoms with van der Waals surface area (Å²) in [5, 5.41) is 3.13. The van der Waals surface area contributed by atoms with Crippen molar-refractivity contribution < 1.29 is 14.3 Å². The van der Waals surface area contributed by atoms with E-state index in [0.29, 0.717) is 19.1 Å². The molecule has 0 spiro atoms. The second kappa shape index (κ2) is 4.42. The summed E-state index contributed by atoms with van der Waals surface area (Å²) in [5.41, 5.74) is 0. The highest BCUT2D eigenvalue weighted by molar-refractivity contribution is 5.74. The van der Waals surface area contributed by atoms with Gasteiger partial charge in [0.05, 0.1) is 7.11 Å². The van der Waals surface area contributed by atoms with Crippen molar-refractivity contribution in [3.8, 4) is 0 Å². The average Bonchev–Trinajstić information content (AvgIpc) is 2.17. The van der Waals surface area contributed by atoms with Crippen LogP contribution in [0.5, 0.6) is 0 Å². The first kappa shape index (κ1) is 9.48. The van der Waals surface area contributed by atoms with Crippen molar-refractivity contribution in [1.29, 1.82) is 0 Å². The maximum atomic E-state index is 11.1. The van der Waals surface area contributed by atoms with Crippen LogP contribution >= 0.6 is 0 Å². The maximum Gasteiger partial charge on any atom is 0.335 e. The fourth-order valence-electron chi connectivity index (χ4n) is 1.35. The molecule has 1 N–H and O–H groups in total. The molecule has 0 amide bonds. The Balaban J connectivity index is 2.40. The van der Waals surface area contributed by atoms with Gasteiger partial charge in [0.1, 0.15) is 0 Å². The third kappa shape index (κ3) is 2.19. The smallest absolute Gasteiger partial charge is 0.335 e. The molecule has 4 heteroatoms. The number of methoxy groups -OCH3 is 1. The molecule has 12 heavy (non-hydrogen) atoms. The molecule has 0 saturated carbocycles. The molecule has 0 aliphatic carbocycles. The molecule has 0 aromatic carbocycles. The van der Waals surface area contributed by atoms with Gasteiger partial charge in [0, 0.05) is 12.6 Å². The van der Waals surface area contributed by atoms with E-state index in [1.807, 2.05) is 7.05 Å². The number of nitrogens with one attached hydrogen (secondary N) is 1. The summed E-state index contributed by atoms with van der Waals surface area (Å²) in [7, 11) is 3.28. The first-order chi connectivity index (χ1) is 5.77. The van der Waals surface area contributed by atoms with Crippen molar-refractivity contribution in [2.24, 2.45) is 0 Å². The van der Waals surface area contributed by atoms with Crippen LogP contribution in [0.2, 0.25) is 0 Å². The van der Waals surface area contributed by atoms with Crippen LogP contribution in [0.1, 0.15) is 12.8 Å². The topological polar surface area (TPSA) is 47.6 Å². The fourth-order valence-corrected chi connectivity index (χ4v) is 1.35. The number of hydrogen-bond donors (Lipinski definition) is 1. The number of rotatable bonds is 2. The Hall–Kier alpha value is -0.610. The molecule has 0 bridgehead atoms. The summed E-state index contributed by atoms with van der Waals surface area (Å²) in [5.74, 6) is -0.269. The molecule has 1 saturated heterocycles. The van der Waals surface area contributed by atoms with E-state index in [1.54, 1.807) is 0 Å². The van der Waals surface area contributed by atoms with E-state index in [1.165, 1.54) is 7.11 Å². The van der Waals surface area contributed by atoms with Crippen LogP contribution in [-0.2, 0) is 14.3 Å². The van der Waals surface area contributed by atoms with Crippen molar-refractivity contribution in [3.05, 3.63) is 0 Å². The van der Waals surface area contributed by atoms with Gasteiger partial charge in [-0.25, -0.2) is 4.79 Å². The van der Waals surface area contributed by atoms with Crippen LogP contribution in [0.3, 0.4) is 0 Å². The van der Waals surface area contributed by atoms with Gasteiger partial charge in [-0.15, -0.1) is 0 Å². The van der Waals surface area contributed by atoms with Crippen molar-refractivity contribution >= 4 is 5.97 Å². The molecular formula is C8H15NO3. The molecule has 1 aliphatic rings. The van der Waals surface area contributed by atoms with Crippen LogP contribution in [0.4, 0.5) is 0 Å². The zero-order valence-electron chi connectivity index (χ0n) is 7.50. The van der Waals surface area contributed by atoms with Gasteiger partial charge in [-0.3, -0.25) is 0 Å². The third-order valence-corrected chi connectivity index (χ3v) is 2.16. The average molecular weight is 173 g/mol. The molecule has 0 aromatic rings. The zero-order chi connectivity index (χ0) is 8.97. The maximum absolute atomic E-state index is 11.1. The summed E-state index contributed by atoms with van der Waals surface area (Å²) in [6, 6.07) is 0.378. The summed E-state index contributed by atoms with van der Waals surface area (Å²) in [6.45, 7) is 0.630. The third-order valence-electron chi connectivity index (χ3n) is 2.16. The van der Waals surface area contributed by atoms with Gasteiger partial charge >= 0.3 is 5.97 Å². The molecule has 1 fully saturated rings. The van der Waals surface area contributed by atoms with E-state index in [4.69, 9.17) is 4.74 Å².